The molecular formula is C16H10Cl6N4O2. The highest BCUT2D eigenvalue weighted by atomic mass is 35.5. The SMILES string of the molecule is NC1Nc2ccc(N3C(=O)[C@@H]4[C@H](C3=O)C3(Cl)C(Cl)=C(Cl)C4(Cl)C3(Cl)Cl)cc2N1. The van der Waals surface area contributed by atoms with Crippen LogP contribution in [-0.2, 0) is 9.59 Å². The number of alkyl halides is 4. The average Bonchev–Trinajstić information content (AvgIpc) is 3.19. The third kappa shape index (κ3) is 1.85. The number of nitrogens with zero attached hydrogens (tertiary/aromatic N) is 1. The van der Waals surface area contributed by atoms with E-state index in [1.165, 1.54) is 0 Å². The molecule has 0 aromatic heterocycles. The smallest absolute Gasteiger partial charge is 0.240 e. The Bertz CT molecular complexity index is 969. The molecule has 12 heteroatoms. The van der Waals surface area contributed by atoms with Crippen molar-refractivity contribution in [3.63, 3.8) is 0 Å². The van der Waals surface area contributed by atoms with Gasteiger partial charge in [0, 0.05) is 0 Å². The molecular weight excluding hydrogens is 493 g/mol. The highest BCUT2D eigenvalue weighted by Crippen LogP contribution is 2.77. The summed E-state index contributed by atoms with van der Waals surface area (Å²) in [6.45, 7) is 0. The zero-order valence-electron chi connectivity index (χ0n) is 13.6. The Hall–Kier alpha value is -0.600. The number of carbonyl (C=O) groups excluding carboxylic acids is 2. The van der Waals surface area contributed by atoms with Crippen LogP contribution in [0.25, 0.3) is 0 Å². The number of nitrogens with one attached hydrogen (secondary N) is 2. The Morgan fingerprint density at radius 3 is 1.93 bits per heavy atom. The molecule has 4 aliphatic rings. The standard InChI is InChI=1S/C16H10Cl6N4O2/c17-9-10(18)15(20)8-7(14(9,19)16(15,21)22)11(27)26(12(8)28)4-1-2-5-6(3-4)25-13(23)24-5/h1-3,7-8,13,24-25H,23H2/t7-,8+,13?,14?,15?. The summed E-state index contributed by atoms with van der Waals surface area (Å²) in [7, 11) is 0. The van der Waals surface area contributed by atoms with E-state index in [1.807, 2.05) is 0 Å². The second kappa shape index (κ2) is 5.55. The molecule has 2 fully saturated rings. The molecule has 2 aliphatic carbocycles. The van der Waals surface area contributed by atoms with Crippen molar-refractivity contribution in [2.75, 3.05) is 15.5 Å². The van der Waals surface area contributed by atoms with Crippen LogP contribution in [0.4, 0.5) is 17.1 Å². The van der Waals surface area contributed by atoms with Crippen LogP contribution in [0.2, 0.25) is 0 Å². The Morgan fingerprint density at radius 1 is 0.893 bits per heavy atom. The van der Waals surface area contributed by atoms with E-state index in [9.17, 15) is 9.59 Å². The number of hydrogen-bond donors (Lipinski definition) is 3. The molecule has 1 saturated heterocycles. The van der Waals surface area contributed by atoms with Gasteiger partial charge in [0.15, 0.2) is 10.6 Å². The van der Waals surface area contributed by atoms with Crippen LogP contribution in [0.5, 0.6) is 0 Å². The number of benzene rings is 1. The lowest BCUT2D eigenvalue weighted by atomic mass is 9.84. The molecule has 0 spiro atoms. The van der Waals surface area contributed by atoms with Gasteiger partial charge < -0.3 is 10.6 Å². The highest BCUT2D eigenvalue weighted by molar-refractivity contribution is 6.67. The molecule has 2 amide bonds. The quantitative estimate of drug-likeness (QED) is 0.402. The Balaban J connectivity index is 1.63. The van der Waals surface area contributed by atoms with Crippen molar-refractivity contribution in [1.29, 1.82) is 0 Å². The summed E-state index contributed by atoms with van der Waals surface area (Å²) in [6.07, 6.45) is -0.474. The molecule has 148 valence electrons. The Labute approximate surface area is 189 Å². The fraction of sp³-hybridized carbons (Fsp3) is 0.375. The van der Waals surface area contributed by atoms with Gasteiger partial charge in [-0.3, -0.25) is 15.3 Å². The molecule has 2 bridgehead atoms. The maximum atomic E-state index is 13.3. The molecule has 2 aliphatic heterocycles. The lowest BCUT2D eigenvalue weighted by molar-refractivity contribution is -0.123. The Kier molecular flexibility index (Phi) is 3.84. The maximum Gasteiger partial charge on any atom is 0.240 e. The molecule has 5 atom stereocenters. The van der Waals surface area contributed by atoms with Crippen molar-refractivity contribution in [3.8, 4) is 0 Å². The number of carbonyl (C=O) groups is 2. The first-order valence-corrected chi connectivity index (χ1v) is 10.4. The highest BCUT2D eigenvalue weighted by Gasteiger charge is 2.87. The topological polar surface area (TPSA) is 87.5 Å². The van der Waals surface area contributed by atoms with E-state index >= 15 is 0 Å². The summed E-state index contributed by atoms with van der Waals surface area (Å²) in [5.41, 5.74) is 7.50. The van der Waals surface area contributed by atoms with Crippen LogP contribution in [0.1, 0.15) is 0 Å². The lowest BCUT2D eigenvalue weighted by Crippen LogP contribution is -2.50. The number of rotatable bonds is 1. The van der Waals surface area contributed by atoms with Crippen LogP contribution in [0.3, 0.4) is 0 Å². The molecule has 1 saturated carbocycles. The minimum atomic E-state index is -1.94. The van der Waals surface area contributed by atoms with Gasteiger partial charge in [-0.2, -0.15) is 0 Å². The van der Waals surface area contributed by atoms with Crippen molar-refractivity contribution in [3.05, 3.63) is 28.3 Å². The zero-order chi connectivity index (χ0) is 20.4. The molecule has 4 N–H and O–H groups in total. The number of nitrogens with two attached hydrogens (primary N) is 1. The van der Waals surface area contributed by atoms with Gasteiger partial charge in [0.2, 0.25) is 11.8 Å². The summed E-state index contributed by atoms with van der Waals surface area (Å²) in [6, 6.07) is 4.94. The van der Waals surface area contributed by atoms with Crippen LogP contribution in [-0.4, -0.2) is 32.2 Å². The number of fused-ring (bicyclic) bond motifs is 6. The lowest BCUT2D eigenvalue weighted by Gasteiger charge is -2.34. The van der Waals surface area contributed by atoms with Gasteiger partial charge in [-0.15, -0.1) is 23.2 Å². The summed E-state index contributed by atoms with van der Waals surface area (Å²) in [5, 5.41) is 5.74. The molecule has 1 aromatic carbocycles. The van der Waals surface area contributed by atoms with E-state index in [2.05, 4.69) is 10.6 Å². The molecule has 28 heavy (non-hydrogen) atoms. The van der Waals surface area contributed by atoms with Gasteiger partial charge in [-0.05, 0) is 18.2 Å². The first kappa shape index (κ1) is 19.4. The molecule has 3 unspecified atom stereocenters. The van der Waals surface area contributed by atoms with Crippen LogP contribution < -0.4 is 21.3 Å². The number of halogens is 6. The summed E-state index contributed by atoms with van der Waals surface area (Å²) >= 11 is 38.9. The van der Waals surface area contributed by atoms with E-state index in [0.29, 0.717) is 11.4 Å². The fourth-order valence-corrected chi connectivity index (χ4v) is 7.47. The van der Waals surface area contributed by atoms with Crippen molar-refractivity contribution in [1.82, 2.24) is 0 Å². The van der Waals surface area contributed by atoms with Crippen LogP contribution >= 0.6 is 69.6 Å². The van der Waals surface area contributed by atoms with Crippen LogP contribution in [0.15, 0.2) is 28.3 Å². The van der Waals surface area contributed by atoms with Crippen molar-refractivity contribution < 1.29 is 9.59 Å². The van der Waals surface area contributed by atoms with Gasteiger partial charge in [0.25, 0.3) is 0 Å². The third-order valence-corrected chi connectivity index (χ3v) is 10.1. The zero-order valence-corrected chi connectivity index (χ0v) is 18.1. The minimum Gasteiger partial charge on any atom is -0.352 e. The summed E-state index contributed by atoms with van der Waals surface area (Å²) in [5.74, 6) is -3.53. The first-order valence-electron chi connectivity index (χ1n) is 8.10. The summed E-state index contributed by atoms with van der Waals surface area (Å²) in [4.78, 5) is 24.0. The number of anilines is 3. The van der Waals surface area contributed by atoms with Gasteiger partial charge >= 0.3 is 0 Å². The predicted molar refractivity (Wildman–Crippen MR) is 111 cm³/mol. The number of hydrogen-bond acceptors (Lipinski definition) is 5. The van der Waals surface area contributed by atoms with Gasteiger partial charge in [-0.25, -0.2) is 4.90 Å². The molecule has 5 rings (SSSR count). The maximum absolute atomic E-state index is 13.3. The average molecular weight is 503 g/mol. The molecule has 6 nitrogen and oxygen atoms in total. The van der Waals surface area contributed by atoms with Gasteiger partial charge in [-0.1, -0.05) is 46.4 Å². The molecule has 2 heterocycles. The summed E-state index contributed by atoms with van der Waals surface area (Å²) < 4.78 is -1.94. The number of imide groups is 1. The van der Waals surface area contributed by atoms with E-state index < -0.39 is 44.0 Å². The molecule has 1 aromatic rings. The minimum absolute atomic E-state index is 0.120. The van der Waals surface area contributed by atoms with E-state index in [0.717, 1.165) is 10.6 Å². The van der Waals surface area contributed by atoms with Crippen molar-refractivity contribution >= 4 is 98.5 Å². The molecule has 0 radical (unpaired) electrons. The fourth-order valence-electron chi connectivity index (χ4n) is 4.54. The van der Waals surface area contributed by atoms with Gasteiger partial charge in [0.05, 0.1) is 39.0 Å². The van der Waals surface area contributed by atoms with Crippen molar-refractivity contribution in [2.24, 2.45) is 17.6 Å². The monoisotopic (exact) mass is 500 g/mol. The van der Waals surface area contributed by atoms with Crippen molar-refractivity contribution in [2.45, 2.75) is 20.4 Å². The second-order valence-electron chi connectivity index (χ2n) is 7.09. The largest absolute Gasteiger partial charge is 0.352 e. The predicted octanol–water partition coefficient (Wildman–Crippen LogP) is 3.72. The second-order valence-corrected chi connectivity index (χ2v) is 10.4. The van der Waals surface area contributed by atoms with E-state index in [4.69, 9.17) is 75.3 Å². The Morgan fingerprint density at radius 2 is 1.39 bits per heavy atom. The number of amides is 2. The third-order valence-electron chi connectivity index (χ3n) is 5.79. The van der Waals surface area contributed by atoms with Gasteiger partial charge in [0.1, 0.15) is 9.75 Å². The normalized spacial score (nSPS) is 40.0. The van der Waals surface area contributed by atoms with E-state index in [1.54, 1.807) is 18.2 Å². The number of allylic oxidation sites excluding steroid dienone is 2. The van der Waals surface area contributed by atoms with Crippen LogP contribution in [0, 0.1) is 11.8 Å². The van der Waals surface area contributed by atoms with E-state index in [-0.39, 0.29) is 10.1 Å². The first-order chi connectivity index (χ1) is 13.0.